The smallest absolute Gasteiger partial charge is 0.255 e. The summed E-state index contributed by atoms with van der Waals surface area (Å²) in [7, 11) is 0. The van der Waals surface area contributed by atoms with E-state index in [2.05, 4.69) is 13.0 Å². The lowest BCUT2D eigenvalue weighted by Crippen LogP contribution is -2.24. The minimum Gasteiger partial charge on any atom is -0.277 e. The van der Waals surface area contributed by atoms with Gasteiger partial charge in [-0.05, 0) is 50.6 Å². The van der Waals surface area contributed by atoms with Crippen LogP contribution in [0.3, 0.4) is 0 Å². The summed E-state index contributed by atoms with van der Waals surface area (Å²) in [4.78, 5) is 14.2. The van der Waals surface area contributed by atoms with E-state index < -0.39 is 0 Å². The van der Waals surface area contributed by atoms with Crippen molar-refractivity contribution in [3.63, 3.8) is 0 Å². The molecule has 0 aliphatic carbocycles. The summed E-state index contributed by atoms with van der Waals surface area (Å²) in [5.41, 5.74) is 4.08. The second-order valence-electron chi connectivity index (χ2n) is 4.80. The Kier molecular flexibility index (Phi) is 4.36. The van der Waals surface area contributed by atoms with E-state index in [9.17, 15) is 4.79 Å². The number of rotatable bonds is 3. The van der Waals surface area contributed by atoms with Crippen LogP contribution in [-0.2, 0) is 4.79 Å². The van der Waals surface area contributed by atoms with Crippen molar-refractivity contribution in [2.24, 2.45) is 0 Å². The summed E-state index contributed by atoms with van der Waals surface area (Å²) < 4.78 is 0. The molecule has 20 heavy (non-hydrogen) atoms. The molecule has 1 amide bonds. The fourth-order valence-corrected chi connectivity index (χ4v) is 2.24. The van der Waals surface area contributed by atoms with Crippen LogP contribution in [0.1, 0.15) is 18.1 Å². The van der Waals surface area contributed by atoms with Gasteiger partial charge in [0.1, 0.15) is 0 Å². The van der Waals surface area contributed by atoms with E-state index in [-0.39, 0.29) is 5.91 Å². The Balaban J connectivity index is 2.54. The average Bonchev–Trinajstić information content (AvgIpc) is 2.43. The summed E-state index contributed by atoms with van der Waals surface area (Å²) in [6.45, 7) is 5.93. The lowest BCUT2D eigenvalue weighted by atomic mass is 10.1. The molecule has 0 unspecified atom stereocenters. The molecule has 0 saturated carbocycles. The molecular weight excluding hydrogens is 246 g/mol. The average molecular weight is 265 g/mol. The van der Waals surface area contributed by atoms with Gasteiger partial charge >= 0.3 is 0 Å². The molecule has 2 heteroatoms. The van der Waals surface area contributed by atoms with Crippen LogP contribution in [0.15, 0.2) is 60.7 Å². The van der Waals surface area contributed by atoms with E-state index in [1.165, 1.54) is 5.56 Å². The minimum atomic E-state index is -0.0364. The summed E-state index contributed by atoms with van der Waals surface area (Å²) in [6.07, 6.45) is 3.36. The standard InChI is InChI=1S/C18H19NO/c1-4-8-18(20)19(16-9-6-5-7-10-16)17-12-11-14(2)13-15(17)3/h4-13H,1-3H3/b8-4+. The van der Waals surface area contributed by atoms with Crippen LogP contribution in [-0.4, -0.2) is 5.91 Å². The highest BCUT2D eigenvalue weighted by Gasteiger charge is 2.17. The predicted octanol–water partition coefficient (Wildman–Crippen LogP) is 4.54. The van der Waals surface area contributed by atoms with Gasteiger partial charge in [0.05, 0.1) is 5.69 Å². The molecule has 0 aliphatic rings. The number of benzene rings is 2. The first kappa shape index (κ1) is 14.1. The lowest BCUT2D eigenvalue weighted by molar-refractivity contribution is -0.113. The second kappa shape index (κ2) is 6.20. The molecule has 0 spiro atoms. The third-order valence-electron chi connectivity index (χ3n) is 3.14. The molecule has 0 bridgehead atoms. The molecule has 0 N–H and O–H groups in total. The van der Waals surface area contributed by atoms with E-state index in [0.29, 0.717) is 0 Å². The van der Waals surface area contributed by atoms with Crippen molar-refractivity contribution in [2.45, 2.75) is 20.8 Å². The van der Waals surface area contributed by atoms with Crippen molar-refractivity contribution in [3.05, 3.63) is 71.8 Å². The molecule has 0 aromatic heterocycles. The molecule has 0 atom stereocenters. The second-order valence-corrected chi connectivity index (χ2v) is 4.80. The van der Waals surface area contributed by atoms with E-state index in [1.54, 1.807) is 17.1 Å². The van der Waals surface area contributed by atoms with Crippen LogP contribution >= 0.6 is 0 Å². The first-order valence-corrected chi connectivity index (χ1v) is 6.72. The zero-order valence-electron chi connectivity index (χ0n) is 12.1. The number of nitrogens with zero attached hydrogens (tertiary/aromatic N) is 1. The molecule has 2 aromatic carbocycles. The Bertz CT molecular complexity index is 629. The number of amides is 1. The number of carbonyl (C=O) groups excluding carboxylic acids is 1. The van der Waals surface area contributed by atoms with Crippen LogP contribution in [0.2, 0.25) is 0 Å². The Hall–Kier alpha value is -2.35. The van der Waals surface area contributed by atoms with E-state index in [4.69, 9.17) is 0 Å². The van der Waals surface area contributed by atoms with Crippen molar-refractivity contribution in [2.75, 3.05) is 4.90 Å². The minimum absolute atomic E-state index is 0.0364. The number of hydrogen-bond acceptors (Lipinski definition) is 1. The quantitative estimate of drug-likeness (QED) is 0.746. The van der Waals surface area contributed by atoms with E-state index in [1.807, 2.05) is 56.3 Å². The number of para-hydroxylation sites is 1. The molecule has 0 heterocycles. The number of anilines is 2. The van der Waals surface area contributed by atoms with Gasteiger partial charge in [-0.2, -0.15) is 0 Å². The van der Waals surface area contributed by atoms with Crippen molar-refractivity contribution in [3.8, 4) is 0 Å². The summed E-state index contributed by atoms with van der Waals surface area (Å²) in [5.74, 6) is -0.0364. The Morgan fingerprint density at radius 2 is 1.75 bits per heavy atom. The number of carbonyl (C=O) groups is 1. The summed E-state index contributed by atoms with van der Waals surface area (Å²) >= 11 is 0. The third-order valence-corrected chi connectivity index (χ3v) is 3.14. The molecule has 0 radical (unpaired) electrons. The maximum absolute atomic E-state index is 12.4. The molecule has 0 aliphatic heterocycles. The third kappa shape index (κ3) is 2.97. The normalized spacial score (nSPS) is 10.8. The molecule has 0 saturated heterocycles. The van der Waals surface area contributed by atoms with Gasteiger partial charge in [0.15, 0.2) is 0 Å². The van der Waals surface area contributed by atoms with Crippen molar-refractivity contribution in [1.82, 2.24) is 0 Å². The SMILES string of the molecule is C/C=C/C(=O)N(c1ccccc1)c1ccc(C)cc1C. The first-order chi connectivity index (χ1) is 9.63. The zero-order chi connectivity index (χ0) is 14.5. The molecule has 102 valence electrons. The Labute approximate surface area is 120 Å². The van der Waals surface area contributed by atoms with Gasteiger partial charge in [0.25, 0.3) is 5.91 Å². The van der Waals surface area contributed by atoms with Gasteiger partial charge in [0, 0.05) is 5.69 Å². The van der Waals surface area contributed by atoms with Gasteiger partial charge in [0.2, 0.25) is 0 Å². The summed E-state index contributed by atoms with van der Waals surface area (Å²) in [5, 5.41) is 0. The van der Waals surface area contributed by atoms with Crippen LogP contribution < -0.4 is 4.90 Å². The highest BCUT2D eigenvalue weighted by atomic mass is 16.2. The van der Waals surface area contributed by atoms with Gasteiger partial charge in [-0.25, -0.2) is 0 Å². The Morgan fingerprint density at radius 3 is 2.35 bits per heavy atom. The van der Waals surface area contributed by atoms with Crippen LogP contribution in [0.5, 0.6) is 0 Å². The molecule has 2 rings (SSSR count). The number of aryl methyl sites for hydroxylation is 2. The molecular formula is C18H19NO. The maximum atomic E-state index is 12.4. The number of hydrogen-bond donors (Lipinski definition) is 0. The van der Waals surface area contributed by atoms with Crippen LogP contribution in [0, 0.1) is 13.8 Å². The topological polar surface area (TPSA) is 20.3 Å². The Morgan fingerprint density at radius 1 is 1.05 bits per heavy atom. The first-order valence-electron chi connectivity index (χ1n) is 6.72. The van der Waals surface area contributed by atoms with E-state index >= 15 is 0 Å². The van der Waals surface area contributed by atoms with Crippen molar-refractivity contribution >= 4 is 17.3 Å². The molecule has 2 nitrogen and oxygen atoms in total. The summed E-state index contributed by atoms with van der Waals surface area (Å²) in [6, 6.07) is 15.8. The number of allylic oxidation sites excluding steroid dienone is 1. The zero-order valence-corrected chi connectivity index (χ0v) is 12.1. The monoisotopic (exact) mass is 265 g/mol. The van der Waals surface area contributed by atoms with Crippen molar-refractivity contribution < 1.29 is 4.79 Å². The lowest BCUT2D eigenvalue weighted by Gasteiger charge is -2.23. The van der Waals surface area contributed by atoms with Gasteiger partial charge in [-0.3, -0.25) is 9.69 Å². The predicted molar refractivity (Wildman–Crippen MR) is 84.3 cm³/mol. The van der Waals surface area contributed by atoms with E-state index in [0.717, 1.165) is 16.9 Å². The fraction of sp³-hybridized carbons (Fsp3) is 0.167. The van der Waals surface area contributed by atoms with Crippen molar-refractivity contribution in [1.29, 1.82) is 0 Å². The van der Waals surface area contributed by atoms with Gasteiger partial charge in [-0.1, -0.05) is 42.0 Å². The largest absolute Gasteiger partial charge is 0.277 e. The highest BCUT2D eigenvalue weighted by Crippen LogP contribution is 2.29. The van der Waals surface area contributed by atoms with Gasteiger partial charge < -0.3 is 0 Å². The highest BCUT2D eigenvalue weighted by molar-refractivity contribution is 6.07. The maximum Gasteiger partial charge on any atom is 0.255 e. The molecule has 2 aromatic rings. The van der Waals surface area contributed by atoms with Crippen LogP contribution in [0.25, 0.3) is 0 Å². The van der Waals surface area contributed by atoms with Crippen LogP contribution in [0.4, 0.5) is 11.4 Å². The van der Waals surface area contributed by atoms with Gasteiger partial charge in [-0.15, -0.1) is 0 Å². The fourth-order valence-electron chi connectivity index (χ4n) is 2.24. The molecule has 0 fully saturated rings.